The number of rotatable bonds is 5. The molecule has 0 bridgehead atoms. The standard InChI is InChI=1S/C19H15F2N3O2/c20-15-7-4-8-16(21)14(15)10-22-18(25)11-24-12-23-17(9-19(24)26)13-5-2-1-3-6-13/h1-9,12H,10-11H2,(H,22,25). The highest BCUT2D eigenvalue weighted by Crippen LogP contribution is 2.13. The van der Waals surface area contributed by atoms with E-state index in [0.29, 0.717) is 5.69 Å². The Morgan fingerprint density at radius 1 is 1.04 bits per heavy atom. The van der Waals surface area contributed by atoms with Gasteiger partial charge in [0, 0.05) is 23.7 Å². The predicted molar refractivity (Wildman–Crippen MR) is 92.1 cm³/mol. The highest BCUT2D eigenvalue weighted by atomic mass is 19.1. The van der Waals surface area contributed by atoms with E-state index in [2.05, 4.69) is 10.3 Å². The van der Waals surface area contributed by atoms with Gasteiger partial charge >= 0.3 is 0 Å². The summed E-state index contributed by atoms with van der Waals surface area (Å²) in [6.07, 6.45) is 1.27. The number of nitrogens with one attached hydrogen (secondary N) is 1. The van der Waals surface area contributed by atoms with Crippen LogP contribution >= 0.6 is 0 Å². The van der Waals surface area contributed by atoms with Crippen molar-refractivity contribution in [1.82, 2.24) is 14.9 Å². The van der Waals surface area contributed by atoms with Crippen LogP contribution in [0, 0.1) is 11.6 Å². The molecule has 0 aliphatic heterocycles. The quantitative estimate of drug-likeness (QED) is 0.765. The minimum absolute atomic E-state index is 0.231. The van der Waals surface area contributed by atoms with E-state index in [0.717, 1.165) is 22.3 Å². The summed E-state index contributed by atoms with van der Waals surface area (Å²) in [6, 6.07) is 14.0. The van der Waals surface area contributed by atoms with Gasteiger partial charge in [0.25, 0.3) is 5.56 Å². The molecule has 26 heavy (non-hydrogen) atoms. The number of carbonyl (C=O) groups excluding carboxylic acids is 1. The van der Waals surface area contributed by atoms with E-state index in [1.165, 1.54) is 18.5 Å². The molecular formula is C19H15F2N3O2. The van der Waals surface area contributed by atoms with Gasteiger partial charge in [-0.25, -0.2) is 13.8 Å². The molecule has 0 atom stereocenters. The average Bonchev–Trinajstić information content (AvgIpc) is 2.64. The fraction of sp³-hybridized carbons (Fsp3) is 0.105. The summed E-state index contributed by atoms with van der Waals surface area (Å²) < 4.78 is 28.2. The SMILES string of the molecule is O=C(Cn1cnc(-c2ccccc2)cc1=O)NCc1c(F)cccc1F. The van der Waals surface area contributed by atoms with Gasteiger partial charge in [-0.1, -0.05) is 36.4 Å². The number of halogens is 2. The second-order valence-corrected chi connectivity index (χ2v) is 5.58. The molecule has 3 rings (SSSR count). The molecule has 0 unspecified atom stereocenters. The number of carbonyl (C=O) groups is 1. The Morgan fingerprint density at radius 3 is 2.38 bits per heavy atom. The molecule has 7 heteroatoms. The minimum Gasteiger partial charge on any atom is -0.350 e. The Hall–Kier alpha value is -3.35. The van der Waals surface area contributed by atoms with Crippen LogP contribution in [0.25, 0.3) is 11.3 Å². The minimum atomic E-state index is -0.739. The van der Waals surface area contributed by atoms with E-state index in [-0.39, 0.29) is 18.7 Å². The second kappa shape index (κ2) is 7.69. The van der Waals surface area contributed by atoms with Crippen LogP contribution in [0.1, 0.15) is 5.56 Å². The normalized spacial score (nSPS) is 10.5. The molecular weight excluding hydrogens is 340 g/mol. The molecule has 0 aliphatic rings. The van der Waals surface area contributed by atoms with Crippen LogP contribution in [-0.2, 0) is 17.9 Å². The van der Waals surface area contributed by atoms with E-state index >= 15 is 0 Å². The lowest BCUT2D eigenvalue weighted by molar-refractivity contribution is -0.121. The smallest absolute Gasteiger partial charge is 0.254 e. The molecule has 0 aliphatic carbocycles. The van der Waals surface area contributed by atoms with Gasteiger partial charge in [-0.15, -0.1) is 0 Å². The van der Waals surface area contributed by atoms with Gasteiger partial charge in [0.05, 0.1) is 12.0 Å². The van der Waals surface area contributed by atoms with E-state index in [1.54, 1.807) is 0 Å². The zero-order valence-corrected chi connectivity index (χ0v) is 13.7. The number of hydrogen-bond acceptors (Lipinski definition) is 3. The van der Waals surface area contributed by atoms with Crippen molar-refractivity contribution < 1.29 is 13.6 Å². The average molecular weight is 355 g/mol. The molecule has 1 amide bonds. The molecule has 3 aromatic rings. The van der Waals surface area contributed by atoms with Crippen molar-refractivity contribution in [2.24, 2.45) is 0 Å². The van der Waals surface area contributed by atoms with Crippen LogP contribution in [0.3, 0.4) is 0 Å². The fourth-order valence-corrected chi connectivity index (χ4v) is 2.41. The van der Waals surface area contributed by atoms with Crippen LogP contribution in [0.2, 0.25) is 0 Å². The van der Waals surface area contributed by atoms with Crippen LogP contribution < -0.4 is 10.9 Å². The van der Waals surface area contributed by atoms with Crippen LogP contribution in [0.5, 0.6) is 0 Å². The molecule has 0 spiro atoms. The highest BCUT2D eigenvalue weighted by Gasteiger charge is 2.11. The molecule has 5 nitrogen and oxygen atoms in total. The Balaban J connectivity index is 1.67. The van der Waals surface area contributed by atoms with Crippen molar-refractivity contribution in [1.29, 1.82) is 0 Å². The lowest BCUT2D eigenvalue weighted by atomic mass is 10.1. The second-order valence-electron chi connectivity index (χ2n) is 5.58. The summed E-state index contributed by atoms with van der Waals surface area (Å²) in [5.41, 5.74) is 0.661. The summed E-state index contributed by atoms with van der Waals surface area (Å²) >= 11 is 0. The number of hydrogen-bond donors (Lipinski definition) is 1. The first-order valence-electron chi connectivity index (χ1n) is 7.86. The maximum atomic E-state index is 13.5. The third-order valence-corrected chi connectivity index (χ3v) is 3.79. The van der Waals surface area contributed by atoms with E-state index in [9.17, 15) is 18.4 Å². The maximum Gasteiger partial charge on any atom is 0.254 e. The summed E-state index contributed by atoms with van der Waals surface area (Å²) in [6.45, 7) is -0.599. The number of amides is 1. The lowest BCUT2D eigenvalue weighted by Gasteiger charge is -2.09. The zero-order valence-electron chi connectivity index (χ0n) is 13.7. The van der Waals surface area contributed by atoms with Gasteiger partial charge in [0.1, 0.15) is 18.2 Å². The summed E-state index contributed by atoms with van der Waals surface area (Å²) in [5.74, 6) is -2.03. The Labute approximate surface area is 147 Å². The van der Waals surface area contributed by atoms with Crippen LogP contribution in [0.4, 0.5) is 8.78 Å². The predicted octanol–water partition coefficient (Wildman–Crippen LogP) is 2.50. The first-order chi connectivity index (χ1) is 12.5. The van der Waals surface area contributed by atoms with Gasteiger partial charge in [0.2, 0.25) is 5.91 Å². The van der Waals surface area contributed by atoms with Crippen molar-refractivity contribution in [3.8, 4) is 11.3 Å². The van der Waals surface area contributed by atoms with Crippen LogP contribution in [0.15, 0.2) is 65.7 Å². The van der Waals surface area contributed by atoms with Gasteiger partial charge in [-0.3, -0.25) is 14.2 Å². The summed E-state index contributed by atoms with van der Waals surface area (Å²) in [5, 5.41) is 2.40. The van der Waals surface area contributed by atoms with Crippen molar-refractivity contribution in [3.05, 3.63) is 88.5 Å². The largest absolute Gasteiger partial charge is 0.350 e. The molecule has 0 fully saturated rings. The number of aromatic nitrogens is 2. The molecule has 2 aromatic carbocycles. The number of nitrogens with zero attached hydrogens (tertiary/aromatic N) is 2. The van der Waals surface area contributed by atoms with E-state index in [4.69, 9.17) is 0 Å². The van der Waals surface area contributed by atoms with Crippen molar-refractivity contribution in [2.45, 2.75) is 13.1 Å². The third-order valence-electron chi connectivity index (χ3n) is 3.79. The van der Waals surface area contributed by atoms with Crippen molar-refractivity contribution in [2.75, 3.05) is 0 Å². The Kier molecular flexibility index (Phi) is 5.17. The topological polar surface area (TPSA) is 64.0 Å². The first kappa shape index (κ1) is 17.5. The third kappa shape index (κ3) is 4.00. The molecule has 0 radical (unpaired) electrons. The van der Waals surface area contributed by atoms with Crippen LogP contribution in [-0.4, -0.2) is 15.5 Å². The highest BCUT2D eigenvalue weighted by molar-refractivity contribution is 5.75. The Morgan fingerprint density at radius 2 is 1.73 bits per heavy atom. The van der Waals surface area contributed by atoms with E-state index < -0.39 is 23.1 Å². The van der Waals surface area contributed by atoms with Crippen molar-refractivity contribution in [3.63, 3.8) is 0 Å². The number of benzene rings is 2. The first-order valence-corrected chi connectivity index (χ1v) is 7.86. The molecule has 132 valence electrons. The van der Waals surface area contributed by atoms with Gasteiger partial charge in [0.15, 0.2) is 0 Å². The monoisotopic (exact) mass is 355 g/mol. The van der Waals surface area contributed by atoms with Gasteiger partial charge < -0.3 is 5.32 Å². The Bertz CT molecular complexity index is 967. The molecule has 0 saturated carbocycles. The summed E-state index contributed by atoms with van der Waals surface area (Å²) in [4.78, 5) is 28.3. The fourth-order valence-electron chi connectivity index (χ4n) is 2.41. The van der Waals surface area contributed by atoms with Crippen molar-refractivity contribution >= 4 is 5.91 Å². The molecule has 0 saturated heterocycles. The molecule has 1 heterocycles. The van der Waals surface area contributed by atoms with Gasteiger partial charge in [-0.2, -0.15) is 0 Å². The van der Waals surface area contributed by atoms with Gasteiger partial charge in [-0.05, 0) is 12.1 Å². The summed E-state index contributed by atoms with van der Waals surface area (Å²) in [7, 11) is 0. The molecule has 1 aromatic heterocycles. The maximum absolute atomic E-state index is 13.5. The lowest BCUT2D eigenvalue weighted by Crippen LogP contribution is -2.32. The zero-order chi connectivity index (χ0) is 18.5. The van der Waals surface area contributed by atoms with E-state index in [1.807, 2.05) is 30.3 Å². The molecule has 1 N–H and O–H groups in total.